The Morgan fingerprint density at radius 1 is 1.14 bits per heavy atom. The summed E-state index contributed by atoms with van der Waals surface area (Å²) in [7, 11) is 0. The van der Waals surface area contributed by atoms with Gasteiger partial charge in [0.15, 0.2) is 0 Å². The highest BCUT2D eigenvalue weighted by Crippen LogP contribution is 2.45. The summed E-state index contributed by atoms with van der Waals surface area (Å²) in [5, 5.41) is 0. The van der Waals surface area contributed by atoms with Gasteiger partial charge < -0.3 is 10.5 Å². The van der Waals surface area contributed by atoms with Crippen LogP contribution in [0.4, 0.5) is 0 Å². The lowest BCUT2D eigenvalue weighted by molar-refractivity contribution is -0.121. The number of rotatable bonds is 2. The molecule has 0 aromatic heterocycles. The summed E-state index contributed by atoms with van der Waals surface area (Å²) in [6.45, 7) is 0.923. The molecule has 1 aromatic rings. The van der Waals surface area contributed by atoms with Gasteiger partial charge in [0.2, 0.25) is 0 Å². The first kappa shape index (κ1) is 13.8. The van der Waals surface area contributed by atoms with E-state index in [9.17, 15) is 0 Å². The van der Waals surface area contributed by atoms with Crippen molar-refractivity contribution in [2.45, 2.75) is 68.9 Å². The first-order chi connectivity index (χ1) is 10.3. The van der Waals surface area contributed by atoms with Crippen LogP contribution in [-0.4, -0.2) is 18.2 Å². The molecular weight excluding hydrogens is 258 g/mol. The zero-order chi connectivity index (χ0) is 14.3. The maximum absolute atomic E-state index is 6.70. The molecule has 4 rings (SSSR count). The number of hydrogen-bond acceptors (Lipinski definition) is 2. The lowest BCUT2D eigenvalue weighted by atomic mass is 9.66. The molecule has 114 valence electrons. The van der Waals surface area contributed by atoms with Crippen LogP contribution in [-0.2, 0) is 11.2 Å². The van der Waals surface area contributed by atoms with E-state index in [2.05, 4.69) is 24.3 Å². The molecule has 0 bridgehead atoms. The highest BCUT2D eigenvalue weighted by molar-refractivity contribution is 5.41. The fraction of sp³-hybridized carbons (Fsp3) is 0.684. The van der Waals surface area contributed by atoms with E-state index in [1.54, 1.807) is 0 Å². The van der Waals surface area contributed by atoms with Crippen LogP contribution in [0.15, 0.2) is 24.3 Å². The molecule has 1 aromatic carbocycles. The van der Waals surface area contributed by atoms with Crippen molar-refractivity contribution in [1.29, 1.82) is 0 Å². The van der Waals surface area contributed by atoms with Crippen LogP contribution in [0.25, 0.3) is 0 Å². The summed E-state index contributed by atoms with van der Waals surface area (Å²) in [6, 6.07) is 9.16. The van der Waals surface area contributed by atoms with E-state index in [-0.39, 0.29) is 5.60 Å². The van der Waals surface area contributed by atoms with Gasteiger partial charge in [-0.05, 0) is 49.1 Å². The molecule has 0 amide bonds. The van der Waals surface area contributed by atoms with Crippen LogP contribution in [0.2, 0.25) is 0 Å². The third kappa shape index (κ3) is 2.43. The molecule has 1 heterocycles. The summed E-state index contributed by atoms with van der Waals surface area (Å²) in [6.07, 6.45) is 10.1. The van der Waals surface area contributed by atoms with Crippen molar-refractivity contribution in [3.8, 4) is 0 Å². The third-order valence-corrected chi connectivity index (χ3v) is 6.20. The summed E-state index contributed by atoms with van der Waals surface area (Å²) in [5.74, 6) is 1.24. The summed E-state index contributed by atoms with van der Waals surface area (Å²) < 4.78 is 6.23. The van der Waals surface area contributed by atoms with E-state index in [0.29, 0.717) is 17.9 Å². The van der Waals surface area contributed by atoms with Gasteiger partial charge in [0, 0.05) is 18.6 Å². The third-order valence-electron chi connectivity index (χ3n) is 6.20. The Balaban J connectivity index is 1.46. The van der Waals surface area contributed by atoms with Crippen molar-refractivity contribution >= 4 is 0 Å². The largest absolute Gasteiger partial charge is 0.375 e. The molecule has 21 heavy (non-hydrogen) atoms. The average Bonchev–Trinajstić information content (AvgIpc) is 2.49. The van der Waals surface area contributed by atoms with Crippen LogP contribution in [0, 0.1) is 5.92 Å². The number of benzene rings is 1. The first-order valence-electron chi connectivity index (χ1n) is 8.75. The molecule has 1 saturated carbocycles. The summed E-state index contributed by atoms with van der Waals surface area (Å²) in [5.41, 5.74) is 9.91. The van der Waals surface area contributed by atoms with E-state index in [4.69, 9.17) is 10.5 Å². The predicted octanol–water partition coefficient (Wildman–Crippen LogP) is 3.78. The Kier molecular flexibility index (Phi) is 3.55. The molecule has 2 nitrogen and oxygen atoms in total. The zero-order valence-corrected chi connectivity index (χ0v) is 12.9. The lowest BCUT2D eigenvalue weighted by Crippen LogP contribution is -2.49. The van der Waals surface area contributed by atoms with Gasteiger partial charge in [0.25, 0.3) is 0 Å². The van der Waals surface area contributed by atoms with E-state index < -0.39 is 0 Å². The molecule has 3 unspecified atom stereocenters. The Hall–Kier alpha value is -0.860. The van der Waals surface area contributed by atoms with Crippen molar-refractivity contribution in [2.75, 3.05) is 6.61 Å². The van der Waals surface area contributed by atoms with Gasteiger partial charge in [-0.2, -0.15) is 0 Å². The number of fused-ring (bicyclic) bond motifs is 1. The minimum atomic E-state index is 0.183. The van der Waals surface area contributed by atoms with Crippen molar-refractivity contribution in [2.24, 2.45) is 11.7 Å². The Morgan fingerprint density at radius 2 is 1.95 bits per heavy atom. The second kappa shape index (κ2) is 5.40. The SMILES string of the molecule is NC(C1CCOC2(CCCCC2)C1)C1Cc2ccccc21. The van der Waals surface area contributed by atoms with Crippen LogP contribution in [0.1, 0.15) is 62.0 Å². The van der Waals surface area contributed by atoms with Crippen LogP contribution >= 0.6 is 0 Å². The van der Waals surface area contributed by atoms with Gasteiger partial charge in [-0.15, -0.1) is 0 Å². The van der Waals surface area contributed by atoms with Gasteiger partial charge in [-0.1, -0.05) is 43.5 Å². The normalized spacial score (nSPS) is 32.2. The molecule has 1 spiro atoms. The molecule has 2 N–H and O–H groups in total. The second-order valence-electron chi connectivity index (χ2n) is 7.43. The topological polar surface area (TPSA) is 35.2 Å². The Bertz CT molecular complexity index is 501. The molecular formula is C19H27NO. The minimum Gasteiger partial charge on any atom is -0.375 e. The summed E-state index contributed by atoms with van der Waals surface area (Å²) in [4.78, 5) is 0. The molecule has 0 radical (unpaired) electrons. The fourth-order valence-corrected chi connectivity index (χ4v) is 4.91. The van der Waals surface area contributed by atoms with Crippen molar-refractivity contribution in [3.05, 3.63) is 35.4 Å². The Labute approximate surface area is 128 Å². The van der Waals surface area contributed by atoms with Crippen molar-refractivity contribution in [1.82, 2.24) is 0 Å². The average molecular weight is 285 g/mol. The van der Waals surface area contributed by atoms with E-state index in [1.807, 2.05) is 0 Å². The maximum atomic E-state index is 6.70. The summed E-state index contributed by atoms with van der Waals surface area (Å²) >= 11 is 0. The quantitative estimate of drug-likeness (QED) is 0.897. The molecule has 2 fully saturated rings. The fourth-order valence-electron chi connectivity index (χ4n) is 4.91. The van der Waals surface area contributed by atoms with Crippen LogP contribution in [0.3, 0.4) is 0 Å². The van der Waals surface area contributed by atoms with E-state index in [0.717, 1.165) is 13.0 Å². The highest BCUT2D eigenvalue weighted by Gasteiger charge is 2.43. The van der Waals surface area contributed by atoms with Gasteiger partial charge in [0.1, 0.15) is 0 Å². The van der Waals surface area contributed by atoms with Crippen LogP contribution < -0.4 is 5.73 Å². The second-order valence-corrected chi connectivity index (χ2v) is 7.43. The lowest BCUT2D eigenvalue weighted by Gasteiger charge is -2.47. The van der Waals surface area contributed by atoms with E-state index >= 15 is 0 Å². The van der Waals surface area contributed by atoms with E-state index in [1.165, 1.54) is 56.1 Å². The predicted molar refractivity (Wildman–Crippen MR) is 85.4 cm³/mol. The standard InChI is InChI=1S/C19H27NO/c20-18(17-12-14-6-2-3-7-16(14)17)15-8-11-21-19(13-15)9-4-1-5-10-19/h2-3,6-7,15,17-18H,1,4-5,8-13,20H2. The molecule has 1 saturated heterocycles. The molecule has 1 aliphatic heterocycles. The van der Waals surface area contributed by atoms with Crippen molar-refractivity contribution in [3.63, 3.8) is 0 Å². The number of hydrogen-bond donors (Lipinski definition) is 1. The number of nitrogens with two attached hydrogens (primary N) is 1. The highest BCUT2D eigenvalue weighted by atomic mass is 16.5. The van der Waals surface area contributed by atoms with Crippen molar-refractivity contribution < 1.29 is 4.74 Å². The number of ether oxygens (including phenoxy) is 1. The maximum Gasteiger partial charge on any atom is 0.0685 e. The van der Waals surface area contributed by atoms with Gasteiger partial charge in [-0.25, -0.2) is 0 Å². The molecule has 2 heteroatoms. The van der Waals surface area contributed by atoms with Gasteiger partial charge in [-0.3, -0.25) is 0 Å². The first-order valence-corrected chi connectivity index (χ1v) is 8.75. The molecule has 2 aliphatic carbocycles. The molecule has 3 atom stereocenters. The van der Waals surface area contributed by atoms with Crippen LogP contribution in [0.5, 0.6) is 0 Å². The van der Waals surface area contributed by atoms with Gasteiger partial charge in [0.05, 0.1) is 5.60 Å². The molecule has 3 aliphatic rings. The van der Waals surface area contributed by atoms with Gasteiger partial charge >= 0.3 is 0 Å². The Morgan fingerprint density at radius 3 is 2.76 bits per heavy atom. The smallest absolute Gasteiger partial charge is 0.0685 e. The monoisotopic (exact) mass is 285 g/mol. The zero-order valence-electron chi connectivity index (χ0n) is 12.9. The minimum absolute atomic E-state index is 0.183.